The van der Waals surface area contributed by atoms with Gasteiger partial charge in [0.15, 0.2) is 5.58 Å². The average molecular weight is 635 g/mol. The van der Waals surface area contributed by atoms with E-state index in [0.717, 1.165) is 39.1 Å². The predicted molar refractivity (Wildman–Crippen MR) is 202 cm³/mol. The lowest BCUT2D eigenvalue weighted by molar-refractivity contribution is 0.623. The number of hydrogen-bond acceptors (Lipinski definition) is 4. The Balaban J connectivity index is 1.13. The second-order valence-electron chi connectivity index (χ2n) is 13.2. The quantitative estimate of drug-likeness (QED) is 0.193. The smallest absolute Gasteiger partial charge is 0.227 e. The Hall–Kier alpha value is -5.71. The number of para-hydroxylation sites is 1. The molecule has 0 aliphatic heterocycles. The highest BCUT2D eigenvalue weighted by molar-refractivity contribution is 7.25. The van der Waals surface area contributed by atoms with Gasteiger partial charge in [-0.2, -0.15) is 0 Å². The van der Waals surface area contributed by atoms with E-state index in [9.17, 15) is 0 Å². The lowest BCUT2D eigenvalue weighted by Crippen LogP contribution is -2.17. The molecule has 228 valence electrons. The summed E-state index contributed by atoms with van der Waals surface area (Å²) in [5.41, 5.74) is 11.1. The number of anilines is 3. The average Bonchev–Trinajstić information content (AvgIpc) is 3.80. The maximum atomic E-state index is 6.46. The molecule has 0 saturated carbocycles. The van der Waals surface area contributed by atoms with Gasteiger partial charge in [-0.1, -0.05) is 86.6 Å². The van der Waals surface area contributed by atoms with Gasteiger partial charge in [0.2, 0.25) is 5.89 Å². The monoisotopic (exact) mass is 634 g/mol. The SMILES string of the molecule is CC1(C)c2cc(N(c3ccccc3)c3ccc4sc5ccccc5c4c3)ccc2-c2ccc3c(ccc4nc(-c5ccccc5)oc43)c21. The molecule has 1 aliphatic carbocycles. The molecule has 4 heteroatoms. The summed E-state index contributed by atoms with van der Waals surface area (Å²) in [6.45, 7) is 4.72. The molecule has 0 unspecified atom stereocenters. The predicted octanol–water partition coefficient (Wildman–Crippen LogP) is 12.8. The molecule has 0 saturated heterocycles. The third-order valence-electron chi connectivity index (χ3n) is 10.1. The number of thiophene rings is 1. The van der Waals surface area contributed by atoms with Crippen LogP contribution >= 0.6 is 11.3 Å². The van der Waals surface area contributed by atoms with Gasteiger partial charge in [-0.3, -0.25) is 0 Å². The Morgan fingerprint density at radius 1 is 0.562 bits per heavy atom. The van der Waals surface area contributed by atoms with Crippen molar-refractivity contribution < 1.29 is 4.42 Å². The zero-order chi connectivity index (χ0) is 32.0. The van der Waals surface area contributed by atoms with Gasteiger partial charge < -0.3 is 9.32 Å². The fourth-order valence-electron chi connectivity index (χ4n) is 7.83. The van der Waals surface area contributed by atoms with Crippen LogP contribution in [0, 0.1) is 0 Å². The van der Waals surface area contributed by atoms with E-state index in [0.29, 0.717) is 5.89 Å². The van der Waals surface area contributed by atoms with Gasteiger partial charge in [-0.15, -0.1) is 11.3 Å². The molecule has 2 heterocycles. The standard InChI is InChI=1S/C44H30N2OS/c1-44(2)37-26-30(46(28-13-7-4-8-14-28)29-18-24-40-36(25-29)32-15-9-10-16-39(32)48-40)17-19-31(37)33-20-21-35-34(41(33)44)22-23-38-42(35)47-43(45-38)27-11-5-3-6-12-27/h3-26H,1-2H3. The molecule has 0 atom stereocenters. The topological polar surface area (TPSA) is 29.3 Å². The Kier molecular flexibility index (Phi) is 5.79. The summed E-state index contributed by atoms with van der Waals surface area (Å²) in [4.78, 5) is 7.25. The second-order valence-corrected chi connectivity index (χ2v) is 14.3. The van der Waals surface area contributed by atoms with Crippen molar-refractivity contribution in [1.29, 1.82) is 0 Å². The first-order valence-corrected chi connectivity index (χ1v) is 17.2. The highest BCUT2D eigenvalue weighted by Gasteiger charge is 2.38. The fraction of sp³-hybridized carbons (Fsp3) is 0.0682. The summed E-state index contributed by atoms with van der Waals surface area (Å²) in [5, 5.41) is 4.92. The second kappa shape index (κ2) is 10.1. The third-order valence-corrected chi connectivity index (χ3v) is 11.2. The Bertz CT molecular complexity index is 2700. The van der Waals surface area contributed by atoms with E-state index in [1.54, 1.807) is 0 Å². The van der Waals surface area contributed by atoms with Crippen molar-refractivity contribution in [3.8, 4) is 22.6 Å². The molecule has 48 heavy (non-hydrogen) atoms. The van der Waals surface area contributed by atoms with Crippen molar-refractivity contribution in [2.75, 3.05) is 4.90 Å². The number of nitrogens with zero attached hydrogens (tertiary/aromatic N) is 2. The third kappa shape index (κ3) is 3.96. The van der Waals surface area contributed by atoms with Crippen LogP contribution in [0.4, 0.5) is 17.1 Å². The molecule has 3 nitrogen and oxygen atoms in total. The minimum Gasteiger partial charge on any atom is -0.435 e. The molecule has 2 aromatic heterocycles. The molecular formula is C44H30N2OS. The summed E-state index contributed by atoms with van der Waals surface area (Å²) in [6.07, 6.45) is 0. The number of hydrogen-bond donors (Lipinski definition) is 0. The van der Waals surface area contributed by atoms with Crippen LogP contribution in [0.25, 0.3) is 64.6 Å². The van der Waals surface area contributed by atoms with Crippen LogP contribution in [0.5, 0.6) is 0 Å². The lowest BCUT2D eigenvalue weighted by Gasteiger charge is -2.28. The van der Waals surface area contributed by atoms with E-state index < -0.39 is 0 Å². The normalized spacial score (nSPS) is 13.4. The first-order valence-electron chi connectivity index (χ1n) is 16.4. The fourth-order valence-corrected chi connectivity index (χ4v) is 8.91. The lowest BCUT2D eigenvalue weighted by atomic mass is 9.80. The molecule has 9 aromatic rings. The van der Waals surface area contributed by atoms with Crippen molar-refractivity contribution in [2.45, 2.75) is 19.3 Å². The van der Waals surface area contributed by atoms with Crippen LogP contribution in [-0.4, -0.2) is 4.98 Å². The Morgan fingerprint density at radius 3 is 2.10 bits per heavy atom. The van der Waals surface area contributed by atoms with Crippen LogP contribution in [0.2, 0.25) is 0 Å². The Labute approximate surface area is 282 Å². The zero-order valence-electron chi connectivity index (χ0n) is 26.6. The van der Waals surface area contributed by atoms with Crippen LogP contribution in [0.15, 0.2) is 150 Å². The van der Waals surface area contributed by atoms with E-state index in [1.807, 2.05) is 41.7 Å². The van der Waals surface area contributed by atoms with Crippen molar-refractivity contribution >= 4 is 70.4 Å². The molecule has 0 radical (unpaired) electrons. The molecule has 0 amide bonds. The summed E-state index contributed by atoms with van der Waals surface area (Å²) in [5.74, 6) is 0.653. The maximum Gasteiger partial charge on any atom is 0.227 e. The van der Waals surface area contributed by atoms with E-state index in [2.05, 4.69) is 134 Å². The van der Waals surface area contributed by atoms with Gasteiger partial charge in [0, 0.05) is 53.6 Å². The van der Waals surface area contributed by atoms with E-state index in [-0.39, 0.29) is 5.41 Å². The minimum absolute atomic E-state index is 0.230. The first-order chi connectivity index (χ1) is 23.5. The van der Waals surface area contributed by atoms with Crippen LogP contribution in [0.3, 0.4) is 0 Å². The summed E-state index contributed by atoms with van der Waals surface area (Å²) < 4.78 is 9.08. The highest BCUT2D eigenvalue weighted by atomic mass is 32.1. The summed E-state index contributed by atoms with van der Waals surface area (Å²) >= 11 is 1.86. The van der Waals surface area contributed by atoms with Gasteiger partial charge in [-0.25, -0.2) is 4.98 Å². The van der Waals surface area contributed by atoms with Gasteiger partial charge in [0.05, 0.1) is 0 Å². The van der Waals surface area contributed by atoms with E-state index in [1.165, 1.54) is 47.8 Å². The molecule has 0 bridgehead atoms. The molecular weight excluding hydrogens is 605 g/mol. The van der Waals surface area contributed by atoms with Gasteiger partial charge >= 0.3 is 0 Å². The first kappa shape index (κ1) is 27.4. The molecule has 0 N–H and O–H groups in total. The Morgan fingerprint density at radius 2 is 1.25 bits per heavy atom. The highest BCUT2D eigenvalue weighted by Crippen LogP contribution is 2.53. The largest absolute Gasteiger partial charge is 0.435 e. The number of aromatic nitrogens is 1. The number of benzene rings is 7. The van der Waals surface area contributed by atoms with E-state index >= 15 is 0 Å². The van der Waals surface area contributed by atoms with Gasteiger partial charge in [-0.05, 0) is 100 Å². The van der Waals surface area contributed by atoms with Gasteiger partial charge in [0.25, 0.3) is 0 Å². The van der Waals surface area contributed by atoms with Crippen LogP contribution in [-0.2, 0) is 5.41 Å². The molecule has 0 spiro atoms. The molecule has 7 aromatic carbocycles. The summed E-state index contributed by atoms with van der Waals surface area (Å²) in [6, 6.07) is 52.3. The number of rotatable bonds is 4. The zero-order valence-corrected chi connectivity index (χ0v) is 27.4. The van der Waals surface area contributed by atoms with Crippen LogP contribution in [0.1, 0.15) is 25.0 Å². The van der Waals surface area contributed by atoms with Crippen molar-refractivity contribution in [3.63, 3.8) is 0 Å². The van der Waals surface area contributed by atoms with Crippen LogP contribution < -0.4 is 4.90 Å². The molecule has 0 fully saturated rings. The van der Waals surface area contributed by atoms with E-state index in [4.69, 9.17) is 9.40 Å². The van der Waals surface area contributed by atoms with Crippen molar-refractivity contribution in [2.24, 2.45) is 0 Å². The molecule has 1 aliphatic rings. The van der Waals surface area contributed by atoms with Crippen molar-refractivity contribution in [1.82, 2.24) is 4.98 Å². The number of oxazole rings is 1. The maximum absolute atomic E-state index is 6.46. The minimum atomic E-state index is -0.230. The number of fused-ring (bicyclic) bond motifs is 10. The summed E-state index contributed by atoms with van der Waals surface area (Å²) in [7, 11) is 0. The molecule has 10 rings (SSSR count). The van der Waals surface area contributed by atoms with Crippen molar-refractivity contribution in [3.05, 3.63) is 157 Å². The van der Waals surface area contributed by atoms with Gasteiger partial charge in [0.1, 0.15) is 5.52 Å².